The van der Waals surface area contributed by atoms with E-state index in [0.717, 1.165) is 36.6 Å². The van der Waals surface area contributed by atoms with E-state index in [4.69, 9.17) is 0 Å². The SMILES string of the molecule is CC(C)C[C@H](NC(=O)N1CCCCCC1)C(=O)N[C@H](Cc1ccccc1F)C(=O)N[C@H](Cc1c[nH]c2ccccc12)C(=O)O. The molecule has 0 bridgehead atoms. The summed E-state index contributed by atoms with van der Waals surface area (Å²) in [7, 11) is 0. The van der Waals surface area contributed by atoms with E-state index in [0.29, 0.717) is 25.1 Å². The fraction of sp³-hybridized carbons (Fsp3) is 0.455. The molecule has 0 aliphatic carbocycles. The van der Waals surface area contributed by atoms with E-state index >= 15 is 0 Å². The number of halogens is 1. The third kappa shape index (κ3) is 8.81. The van der Waals surface area contributed by atoms with Crippen molar-refractivity contribution in [2.75, 3.05) is 13.1 Å². The Kier molecular flexibility index (Phi) is 11.3. The predicted molar refractivity (Wildman–Crippen MR) is 165 cm³/mol. The molecule has 5 N–H and O–H groups in total. The van der Waals surface area contributed by atoms with Gasteiger partial charge in [-0.1, -0.05) is 63.1 Å². The molecule has 10 nitrogen and oxygen atoms in total. The van der Waals surface area contributed by atoms with Gasteiger partial charge in [0.05, 0.1) is 0 Å². The highest BCUT2D eigenvalue weighted by Crippen LogP contribution is 2.20. The summed E-state index contributed by atoms with van der Waals surface area (Å²) in [6, 6.07) is 9.44. The van der Waals surface area contributed by atoms with E-state index in [-0.39, 0.29) is 30.4 Å². The number of carboxylic acids is 1. The monoisotopic (exact) mass is 607 g/mol. The Morgan fingerprint density at radius 1 is 0.818 bits per heavy atom. The number of urea groups is 1. The van der Waals surface area contributed by atoms with Gasteiger partial charge in [0.15, 0.2) is 0 Å². The van der Waals surface area contributed by atoms with Crippen LogP contribution >= 0.6 is 0 Å². The Bertz CT molecular complexity index is 1450. The number of carbonyl (C=O) groups excluding carboxylic acids is 3. The fourth-order valence-corrected chi connectivity index (χ4v) is 5.58. The molecular weight excluding hydrogens is 565 g/mol. The molecule has 44 heavy (non-hydrogen) atoms. The molecule has 1 aliphatic heterocycles. The van der Waals surface area contributed by atoms with Crippen LogP contribution in [0, 0.1) is 11.7 Å². The number of carboxylic acid groups (broad SMARTS) is 1. The Morgan fingerprint density at radius 3 is 2.11 bits per heavy atom. The Morgan fingerprint density at radius 2 is 1.43 bits per heavy atom. The van der Waals surface area contributed by atoms with Crippen molar-refractivity contribution in [2.24, 2.45) is 5.92 Å². The minimum Gasteiger partial charge on any atom is -0.480 e. The van der Waals surface area contributed by atoms with E-state index in [1.54, 1.807) is 17.2 Å². The van der Waals surface area contributed by atoms with Crippen molar-refractivity contribution < 1.29 is 28.7 Å². The molecule has 236 valence electrons. The van der Waals surface area contributed by atoms with Crippen molar-refractivity contribution in [1.29, 1.82) is 0 Å². The van der Waals surface area contributed by atoms with E-state index in [2.05, 4.69) is 20.9 Å². The van der Waals surface area contributed by atoms with Crippen LogP contribution < -0.4 is 16.0 Å². The number of hydrogen-bond acceptors (Lipinski definition) is 4. The van der Waals surface area contributed by atoms with Crippen LogP contribution in [-0.2, 0) is 27.2 Å². The lowest BCUT2D eigenvalue weighted by molar-refractivity contribution is -0.142. The zero-order valence-corrected chi connectivity index (χ0v) is 25.3. The summed E-state index contributed by atoms with van der Waals surface area (Å²) < 4.78 is 14.7. The number of aliphatic carboxylic acids is 1. The number of fused-ring (bicyclic) bond motifs is 1. The zero-order chi connectivity index (χ0) is 31.6. The summed E-state index contributed by atoms with van der Waals surface area (Å²) in [5.74, 6) is -3.12. The van der Waals surface area contributed by atoms with Gasteiger partial charge in [0, 0.05) is 43.0 Å². The minimum absolute atomic E-state index is 0.00663. The second-order valence-corrected chi connectivity index (χ2v) is 11.9. The molecule has 3 aromatic rings. The van der Waals surface area contributed by atoms with Gasteiger partial charge in [0.2, 0.25) is 11.8 Å². The summed E-state index contributed by atoms with van der Waals surface area (Å²) in [6.45, 7) is 5.05. The van der Waals surface area contributed by atoms with E-state index in [9.17, 15) is 28.7 Å². The number of likely N-dealkylation sites (tertiary alicyclic amines) is 1. The van der Waals surface area contributed by atoms with Crippen LogP contribution in [0.25, 0.3) is 10.9 Å². The maximum atomic E-state index is 14.7. The van der Waals surface area contributed by atoms with Gasteiger partial charge >= 0.3 is 12.0 Å². The van der Waals surface area contributed by atoms with Crippen LogP contribution in [0.2, 0.25) is 0 Å². The molecule has 11 heteroatoms. The molecule has 0 spiro atoms. The highest BCUT2D eigenvalue weighted by Gasteiger charge is 2.32. The first-order valence-corrected chi connectivity index (χ1v) is 15.3. The van der Waals surface area contributed by atoms with Gasteiger partial charge < -0.3 is 30.9 Å². The van der Waals surface area contributed by atoms with Crippen molar-refractivity contribution in [3.8, 4) is 0 Å². The van der Waals surface area contributed by atoms with Crippen molar-refractivity contribution >= 4 is 34.7 Å². The Hall–Kier alpha value is -4.41. The summed E-state index contributed by atoms with van der Waals surface area (Å²) >= 11 is 0. The molecule has 1 aromatic heterocycles. The second kappa shape index (κ2) is 15.4. The molecule has 4 rings (SSSR count). The summed E-state index contributed by atoms with van der Waals surface area (Å²) in [6.07, 6.45) is 5.68. The van der Waals surface area contributed by atoms with Gasteiger partial charge in [-0.2, -0.15) is 0 Å². The quantitative estimate of drug-likeness (QED) is 0.210. The minimum atomic E-state index is -1.31. The first kappa shape index (κ1) is 32.5. The van der Waals surface area contributed by atoms with Gasteiger partial charge in [-0.15, -0.1) is 0 Å². The fourth-order valence-electron chi connectivity index (χ4n) is 5.58. The molecule has 1 saturated heterocycles. The number of nitrogens with zero attached hydrogens (tertiary/aromatic N) is 1. The van der Waals surface area contributed by atoms with Gasteiger partial charge in [-0.3, -0.25) is 9.59 Å². The van der Waals surface area contributed by atoms with Crippen LogP contribution in [0.4, 0.5) is 9.18 Å². The molecule has 0 unspecified atom stereocenters. The first-order chi connectivity index (χ1) is 21.1. The van der Waals surface area contributed by atoms with Crippen LogP contribution in [0.5, 0.6) is 0 Å². The number of aromatic nitrogens is 1. The van der Waals surface area contributed by atoms with Crippen molar-refractivity contribution in [3.05, 3.63) is 71.7 Å². The lowest BCUT2D eigenvalue weighted by Crippen LogP contribution is -2.58. The maximum Gasteiger partial charge on any atom is 0.326 e. The van der Waals surface area contributed by atoms with Crippen LogP contribution in [0.3, 0.4) is 0 Å². The third-order valence-electron chi connectivity index (χ3n) is 7.94. The van der Waals surface area contributed by atoms with Gasteiger partial charge in [0.25, 0.3) is 0 Å². The molecule has 2 aromatic carbocycles. The molecule has 0 radical (unpaired) electrons. The van der Waals surface area contributed by atoms with E-state index < -0.39 is 41.7 Å². The van der Waals surface area contributed by atoms with Gasteiger partial charge in [-0.05, 0) is 48.4 Å². The van der Waals surface area contributed by atoms with Crippen LogP contribution in [0.1, 0.15) is 57.1 Å². The molecule has 2 heterocycles. The standard InChI is InChI=1S/C33H42FN5O5/c1-21(2)17-27(38-33(44)39-15-9-3-4-10-16-39)30(40)36-28(18-22-11-5-7-13-25(22)34)31(41)37-29(32(42)43)19-23-20-35-26-14-8-6-12-24(23)26/h5-8,11-14,20-21,27-29,35H,3-4,9-10,15-19H2,1-2H3,(H,36,40)(H,37,41)(H,38,44)(H,42,43)/t27-,28+,29+/m0/s1. The average Bonchev–Trinajstić information content (AvgIpc) is 3.19. The summed E-state index contributed by atoms with van der Waals surface area (Å²) in [4.78, 5) is 57.4. The normalized spacial score (nSPS) is 15.7. The number of carbonyl (C=O) groups is 4. The molecule has 0 saturated carbocycles. The largest absolute Gasteiger partial charge is 0.480 e. The smallest absolute Gasteiger partial charge is 0.326 e. The molecule has 1 aliphatic rings. The number of rotatable bonds is 12. The van der Waals surface area contributed by atoms with Gasteiger partial charge in [0.1, 0.15) is 23.9 Å². The second-order valence-electron chi connectivity index (χ2n) is 11.9. The molecule has 4 amide bonds. The van der Waals surface area contributed by atoms with Gasteiger partial charge in [-0.25, -0.2) is 14.0 Å². The number of benzene rings is 2. The predicted octanol–water partition coefficient (Wildman–Crippen LogP) is 4.15. The number of amides is 4. The number of hydrogen-bond donors (Lipinski definition) is 5. The van der Waals surface area contributed by atoms with Crippen molar-refractivity contribution in [3.63, 3.8) is 0 Å². The lowest BCUT2D eigenvalue weighted by atomic mass is 10.00. The number of para-hydroxylation sites is 1. The molecular formula is C33H42FN5O5. The van der Waals surface area contributed by atoms with Crippen molar-refractivity contribution in [1.82, 2.24) is 25.8 Å². The van der Waals surface area contributed by atoms with Crippen molar-refractivity contribution in [2.45, 2.75) is 76.9 Å². The average molecular weight is 608 g/mol. The molecule has 3 atom stereocenters. The third-order valence-corrected chi connectivity index (χ3v) is 7.94. The highest BCUT2D eigenvalue weighted by molar-refractivity contribution is 5.94. The number of H-pyrrole nitrogens is 1. The Balaban J connectivity index is 1.53. The topological polar surface area (TPSA) is 144 Å². The Labute approximate surface area is 256 Å². The van der Waals surface area contributed by atoms with Crippen LogP contribution in [0.15, 0.2) is 54.7 Å². The lowest BCUT2D eigenvalue weighted by Gasteiger charge is -2.28. The number of nitrogens with one attached hydrogen (secondary N) is 4. The maximum absolute atomic E-state index is 14.7. The van der Waals surface area contributed by atoms with Crippen LogP contribution in [-0.4, -0.2) is 70.0 Å². The van der Waals surface area contributed by atoms with E-state index in [1.165, 1.54) is 18.2 Å². The summed E-state index contributed by atoms with van der Waals surface area (Å²) in [5.41, 5.74) is 1.72. The zero-order valence-electron chi connectivity index (χ0n) is 25.3. The van der Waals surface area contributed by atoms with E-state index in [1.807, 2.05) is 38.1 Å². The summed E-state index contributed by atoms with van der Waals surface area (Å²) in [5, 5.41) is 18.9. The molecule has 1 fully saturated rings. The first-order valence-electron chi connectivity index (χ1n) is 15.3. The number of aromatic amines is 1. The highest BCUT2D eigenvalue weighted by atomic mass is 19.1.